The van der Waals surface area contributed by atoms with Crippen LogP contribution in [0.5, 0.6) is 5.75 Å². The lowest BCUT2D eigenvalue weighted by atomic mass is 10.2. The Labute approximate surface area is 108 Å². The molecule has 1 fully saturated rings. The van der Waals surface area contributed by atoms with E-state index in [0.29, 0.717) is 5.88 Å². The van der Waals surface area contributed by atoms with Gasteiger partial charge in [-0.2, -0.15) is 0 Å². The second-order valence-electron chi connectivity index (χ2n) is 4.35. The van der Waals surface area contributed by atoms with Crippen molar-refractivity contribution in [3.63, 3.8) is 0 Å². The summed E-state index contributed by atoms with van der Waals surface area (Å²) in [5, 5.41) is 0. The average Bonchev–Trinajstić information content (AvgIpc) is 3.14. The molecule has 2 heteroatoms. The Morgan fingerprint density at radius 1 is 1.35 bits per heavy atom. The van der Waals surface area contributed by atoms with Crippen molar-refractivity contribution in [3.8, 4) is 17.6 Å². The molecule has 1 aromatic rings. The first kappa shape index (κ1) is 12.3. The van der Waals surface area contributed by atoms with Gasteiger partial charge >= 0.3 is 0 Å². The van der Waals surface area contributed by atoms with Gasteiger partial charge in [0.25, 0.3) is 0 Å². The topological polar surface area (TPSA) is 9.23 Å². The molecule has 0 unspecified atom stereocenters. The molecule has 1 nitrogen and oxygen atoms in total. The summed E-state index contributed by atoms with van der Waals surface area (Å²) in [4.78, 5) is 0. The molecule has 0 aromatic heterocycles. The summed E-state index contributed by atoms with van der Waals surface area (Å²) in [6, 6.07) is 7.96. The third-order valence-corrected chi connectivity index (χ3v) is 2.97. The molecule has 17 heavy (non-hydrogen) atoms. The highest BCUT2D eigenvalue weighted by Crippen LogP contribution is 2.32. The Hall–Kier alpha value is -1.13. The highest BCUT2D eigenvalue weighted by atomic mass is 35.5. The Morgan fingerprint density at radius 2 is 2.24 bits per heavy atom. The molecule has 0 heterocycles. The minimum Gasteiger partial charge on any atom is -0.494 e. The zero-order valence-corrected chi connectivity index (χ0v) is 10.7. The van der Waals surface area contributed by atoms with Gasteiger partial charge in [0.05, 0.1) is 6.61 Å². The van der Waals surface area contributed by atoms with Gasteiger partial charge in [0.15, 0.2) is 0 Å². The highest BCUT2D eigenvalue weighted by Gasteiger charge is 2.20. The molecule has 1 aliphatic rings. The maximum absolute atomic E-state index is 5.71. The van der Waals surface area contributed by atoms with E-state index in [0.717, 1.165) is 30.3 Å². The van der Waals surface area contributed by atoms with E-state index < -0.39 is 0 Å². The fourth-order valence-electron chi connectivity index (χ4n) is 1.63. The normalized spacial score (nSPS) is 13.9. The molecule has 0 saturated heterocycles. The van der Waals surface area contributed by atoms with Crippen LogP contribution in [0.1, 0.15) is 31.2 Å². The molecule has 1 saturated carbocycles. The number of benzene rings is 1. The van der Waals surface area contributed by atoms with E-state index in [1.165, 1.54) is 19.3 Å². The Kier molecular flexibility index (Phi) is 4.76. The van der Waals surface area contributed by atoms with Gasteiger partial charge in [0.1, 0.15) is 5.75 Å². The third kappa shape index (κ3) is 4.71. The Morgan fingerprint density at radius 3 is 3.00 bits per heavy atom. The first-order chi connectivity index (χ1) is 8.38. The molecular formula is C15H17ClO. The van der Waals surface area contributed by atoms with Crippen LogP contribution in [-0.2, 0) is 0 Å². The monoisotopic (exact) mass is 248 g/mol. The largest absolute Gasteiger partial charge is 0.494 e. The van der Waals surface area contributed by atoms with Crippen molar-refractivity contribution in [2.45, 2.75) is 25.7 Å². The van der Waals surface area contributed by atoms with E-state index in [9.17, 15) is 0 Å². The van der Waals surface area contributed by atoms with Crippen LogP contribution in [0.15, 0.2) is 24.3 Å². The lowest BCUT2D eigenvalue weighted by Crippen LogP contribution is -1.98. The van der Waals surface area contributed by atoms with Crippen LogP contribution in [0.25, 0.3) is 0 Å². The molecule has 0 bridgehead atoms. The van der Waals surface area contributed by atoms with E-state index >= 15 is 0 Å². The standard InChI is InChI=1S/C15H17ClO/c16-10-2-1-4-14-5-3-6-15(12-14)17-11-9-13-7-8-13/h3,5-6,12-13H,2,7-11H2. The predicted molar refractivity (Wildman–Crippen MR) is 71.5 cm³/mol. The number of hydrogen-bond acceptors (Lipinski definition) is 1. The van der Waals surface area contributed by atoms with Crippen LogP contribution in [0.4, 0.5) is 0 Å². The van der Waals surface area contributed by atoms with E-state index in [1.807, 2.05) is 24.3 Å². The Bertz CT molecular complexity index is 412. The van der Waals surface area contributed by atoms with Gasteiger partial charge in [-0.1, -0.05) is 30.7 Å². The molecule has 90 valence electrons. The smallest absolute Gasteiger partial charge is 0.120 e. The molecule has 0 radical (unpaired) electrons. The first-order valence-corrected chi connectivity index (χ1v) is 6.69. The van der Waals surface area contributed by atoms with Crippen molar-refractivity contribution in [1.29, 1.82) is 0 Å². The third-order valence-electron chi connectivity index (χ3n) is 2.78. The molecule has 1 aromatic carbocycles. The summed E-state index contributed by atoms with van der Waals surface area (Å²) in [5.41, 5.74) is 0.999. The number of ether oxygens (including phenoxy) is 1. The molecular weight excluding hydrogens is 232 g/mol. The molecule has 0 aliphatic heterocycles. The van der Waals surface area contributed by atoms with Crippen LogP contribution < -0.4 is 4.74 Å². The van der Waals surface area contributed by atoms with Gasteiger partial charge in [-0.25, -0.2) is 0 Å². The summed E-state index contributed by atoms with van der Waals surface area (Å²) >= 11 is 5.58. The zero-order chi connectivity index (χ0) is 11.9. The van der Waals surface area contributed by atoms with Gasteiger partial charge in [-0.05, 0) is 30.5 Å². The van der Waals surface area contributed by atoms with Crippen molar-refractivity contribution in [1.82, 2.24) is 0 Å². The van der Waals surface area contributed by atoms with Crippen molar-refractivity contribution < 1.29 is 4.74 Å². The predicted octanol–water partition coefficient (Wildman–Crippen LogP) is 3.85. The molecule has 0 N–H and O–H groups in total. The molecule has 2 rings (SSSR count). The lowest BCUT2D eigenvalue weighted by molar-refractivity contribution is 0.302. The molecule has 0 atom stereocenters. The number of alkyl halides is 1. The average molecular weight is 249 g/mol. The van der Waals surface area contributed by atoms with Crippen LogP contribution in [0, 0.1) is 17.8 Å². The minimum absolute atomic E-state index is 0.588. The summed E-state index contributed by atoms with van der Waals surface area (Å²) in [5.74, 6) is 8.53. The Balaban J connectivity index is 1.84. The van der Waals surface area contributed by atoms with Gasteiger partial charge in [-0.3, -0.25) is 0 Å². The second-order valence-corrected chi connectivity index (χ2v) is 4.73. The zero-order valence-electron chi connectivity index (χ0n) is 9.92. The fourth-order valence-corrected chi connectivity index (χ4v) is 1.72. The van der Waals surface area contributed by atoms with Crippen molar-refractivity contribution in [2.24, 2.45) is 5.92 Å². The minimum atomic E-state index is 0.588. The van der Waals surface area contributed by atoms with Crippen LogP contribution in [0.3, 0.4) is 0 Å². The summed E-state index contributed by atoms with van der Waals surface area (Å²) in [6.45, 7) is 0.823. The van der Waals surface area contributed by atoms with Gasteiger partial charge in [0.2, 0.25) is 0 Å². The quantitative estimate of drug-likeness (QED) is 0.568. The fraction of sp³-hybridized carbons (Fsp3) is 0.467. The van der Waals surface area contributed by atoms with Crippen molar-refractivity contribution >= 4 is 11.6 Å². The number of halogens is 1. The summed E-state index contributed by atoms with van der Waals surface area (Å²) in [6.07, 6.45) is 4.68. The van der Waals surface area contributed by atoms with Gasteiger partial charge < -0.3 is 4.74 Å². The van der Waals surface area contributed by atoms with E-state index in [4.69, 9.17) is 16.3 Å². The van der Waals surface area contributed by atoms with Gasteiger partial charge in [0, 0.05) is 17.9 Å². The number of hydrogen-bond donors (Lipinski definition) is 0. The van der Waals surface area contributed by atoms with Gasteiger partial charge in [-0.15, -0.1) is 11.6 Å². The van der Waals surface area contributed by atoms with Crippen molar-refractivity contribution in [2.75, 3.05) is 12.5 Å². The van der Waals surface area contributed by atoms with E-state index in [1.54, 1.807) is 0 Å². The molecule has 0 spiro atoms. The first-order valence-electron chi connectivity index (χ1n) is 6.16. The second kappa shape index (κ2) is 6.57. The molecule has 0 amide bonds. The van der Waals surface area contributed by atoms with Crippen LogP contribution in [0.2, 0.25) is 0 Å². The van der Waals surface area contributed by atoms with Crippen molar-refractivity contribution in [3.05, 3.63) is 29.8 Å². The van der Waals surface area contributed by atoms with E-state index in [2.05, 4.69) is 11.8 Å². The van der Waals surface area contributed by atoms with E-state index in [-0.39, 0.29) is 0 Å². The maximum atomic E-state index is 5.71. The van der Waals surface area contributed by atoms with Crippen LogP contribution >= 0.6 is 11.6 Å². The lowest BCUT2D eigenvalue weighted by Gasteiger charge is -2.05. The number of rotatable bonds is 5. The molecule has 1 aliphatic carbocycles. The highest BCUT2D eigenvalue weighted by molar-refractivity contribution is 6.18. The van der Waals surface area contributed by atoms with Crippen LogP contribution in [-0.4, -0.2) is 12.5 Å². The maximum Gasteiger partial charge on any atom is 0.120 e. The summed E-state index contributed by atoms with van der Waals surface area (Å²) in [7, 11) is 0. The SMILES string of the molecule is ClCCC#Cc1cccc(OCCC2CC2)c1. The summed E-state index contributed by atoms with van der Waals surface area (Å²) < 4.78 is 5.71.